The van der Waals surface area contributed by atoms with Gasteiger partial charge in [-0.25, -0.2) is 0 Å². The summed E-state index contributed by atoms with van der Waals surface area (Å²) in [6, 6.07) is 4.55. The standard InChI is InChI=1S/C13H17F4NO2.ClH/c1-12(2,7-19)10(18)8-3-5-9(6-4-8)20-13(16,17)11(14)15;/h3-6,10-11,19H,7,18H2,1-2H3;1H/t10-;/m1./s1. The average molecular weight is 332 g/mol. The van der Waals surface area contributed by atoms with Crippen LogP contribution in [0, 0.1) is 5.41 Å². The van der Waals surface area contributed by atoms with E-state index in [0.29, 0.717) is 5.56 Å². The molecule has 0 aromatic heterocycles. The molecule has 0 fully saturated rings. The van der Waals surface area contributed by atoms with Crippen LogP contribution in [0.25, 0.3) is 0 Å². The van der Waals surface area contributed by atoms with Gasteiger partial charge in [0.15, 0.2) is 0 Å². The Balaban J connectivity index is 0.00000400. The number of ether oxygens (including phenoxy) is 1. The van der Waals surface area contributed by atoms with E-state index in [0.717, 1.165) is 12.1 Å². The number of halogens is 5. The van der Waals surface area contributed by atoms with Crippen molar-refractivity contribution in [3.05, 3.63) is 29.8 Å². The highest BCUT2D eigenvalue weighted by molar-refractivity contribution is 5.85. The van der Waals surface area contributed by atoms with Crippen LogP contribution in [0.2, 0.25) is 0 Å². The van der Waals surface area contributed by atoms with E-state index in [1.165, 1.54) is 12.1 Å². The largest absolute Gasteiger partial charge is 0.461 e. The molecule has 8 heteroatoms. The highest BCUT2D eigenvalue weighted by Crippen LogP contribution is 2.33. The molecule has 21 heavy (non-hydrogen) atoms. The third-order valence-electron chi connectivity index (χ3n) is 3.00. The fourth-order valence-corrected chi connectivity index (χ4v) is 1.49. The minimum Gasteiger partial charge on any atom is -0.428 e. The first kappa shape index (κ1) is 19.9. The fourth-order valence-electron chi connectivity index (χ4n) is 1.49. The number of benzene rings is 1. The summed E-state index contributed by atoms with van der Waals surface area (Å²) in [6.07, 6.45) is -8.44. The summed E-state index contributed by atoms with van der Waals surface area (Å²) < 4.78 is 53.3. The quantitative estimate of drug-likeness (QED) is 0.786. The molecule has 1 atom stereocenters. The van der Waals surface area contributed by atoms with Gasteiger partial charge in [0.25, 0.3) is 0 Å². The van der Waals surface area contributed by atoms with E-state index >= 15 is 0 Å². The maximum atomic E-state index is 12.7. The van der Waals surface area contributed by atoms with Gasteiger partial charge < -0.3 is 15.6 Å². The molecule has 1 aromatic rings. The van der Waals surface area contributed by atoms with Gasteiger partial charge in [0, 0.05) is 18.1 Å². The molecule has 0 aliphatic carbocycles. The van der Waals surface area contributed by atoms with Crippen molar-refractivity contribution in [3.8, 4) is 5.75 Å². The predicted molar refractivity (Wildman–Crippen MR) is 73.1 cm³/mol. The third-order valence-corrected chi connectivity index (χ3v) is 3.00. The van der Waals surface area contributed by atoms with Gasteiger partial charge >= 0.3 is 12.5 Å². The highest BCUT2D eigenvalue weighted by Gasteiger charge is 2.44. The SMILES string of the molecule is CC(C)(CO)[C@H](N)c1ccc(OC(F)(F)C(F)F)cc1.Cl. The van der Waals surface area contributed by atoms with Crippen LogP contribution in [0.15, 0.2) is 24.3 Å². The molecule has 0 spiro atoms. The Morgan fingerprint density at radius 2 is 1.67 bits per heavy atom. The first-order valence-electron chi connectivity index (χ1n) is 5.91. The van der Waals surface area contributed by atoms with Crippen LogP contribution < -0.4 is 10.5 Å². The molecule has 0 saturated heterocycles. The first-order valence-corrected chi connectivity index (χ1v) is 5.91. The zero-order valence-corrected chi connectivity index (χ0v) is 12.3. The number of aliphatic hydroxyl groups excluding tert-OH is 1. The summed E-state index contributed by atoms with van der Waals surface area (Å²) in [5.74, 6) is -0.381. The zero-order valence-electron chi connectivity index (χ0n) is 11.5. The molecule has 1 rings (SSSR count). The van der Waals surface area contributed by atoms with E-state index < -0.39 is 24.0 Å². The summed E-state index contributed by atoms with van der Waals surface area (Å²) in [5, 5.41) is 9.21. The van der Waals surface area contributed by atoms with Crippen molar-refractivity contribution < 1.29 is 27.4 Å². The van der Waals surface area contributed by atoms with Crippen LogP contribution >= 0.6 is 12.4 Å². The van der Waals surface area contributed by atoms with Crippen molar-refractivity contribution >= 4 is 12.4 Å². The van der Waals surface area contributed by atoms with Crippen molar-refractivity contribution in [1.82, 2.24) is 0 Å². The van der Waals surface area contributed by atoms with Gasteiger partial charge in [-0.3, -0.25) is 0 Å². The molecular weight excluding hydrogens is 314 g/mol. The Bertz CT molecular complexity index is 440. The third kappa shape index (κ3) is 5.01. The molecule has 0 bridgehead atoms. The summed E-state index contributed by atoms with van der Waals surface area (Å²) in [6.45, 7) is 3.33. The molecule has 3 N–H and O–H groups in total. The smallest absolute Gasteiger partial charge is 0.428 e. The molecular formula is C13H18ClF4NO2. The lowest BCUT2D eigenvalue weighted by Gasteiger charge is -2.29. The summed E-state index contributed by atoms with van der Waals surface area (Å²) in [4.78, 5) is 0. The van der Waals surface area contributed by atoms with Gasteiger partial charge in [-0.2, -0.15) is 17.6 Å². The number of hydrogen-bond acceptors (Lipinski definition) is 3. The topological polar surface area (TPSA) is 55.5 Å². The maximum Gasteiger partial charge on any atom is 0.461 e. The van der Waals surface area contributed by atoms with Crippen LogP contribution in [0.4, 0.5) is 17.6 Å². The lowest BCUT2D eigenvalue weighted by molar-refractivity contribution is -0.253. The molecule has 0 saturated carbocycles. The minimum atomic E-state index is -4.53. The molecule has 0 aliphatic heterocycles. The Hall–Kier alpha value is -1.05. The Labute approximate surface area is 126 Å². The molecule has 0 heterocycles. The summed E-state index contributed by atoms with van der Waals surface area (Å²) in [7, 11) is 0. The first-order chi connectivity index (χ1) is 9.10. The summed E-state index contributed by atoms with van der Waals surface area (Å²) >= 11 is 0. The van der Waals surface area contributed by atoms with Crippen LogP contribution in [0.5, 0.6) is 5.75 Å². The van der Waals surface area contributed by atoms with E-state index in [4.69, 9.17) is 5.73 Å². The Morgan fingerprint density at radius 3 is 2.05 bits per heavy atom. The molecule has 1 aromatic carbocycles. The molecule has 0 aliphatic rings. The van der Waals surface area contributed by atoms with Crippen LogP contribution in [-0.4, -0.2) is 24.2 Å². The monoisotopic (exact) mass is 331 g/mol. The van der Waals surface area contributed by atoms with E-state index in [1.54, 1.807) is 13.8 Å². The maximum absolute atomic E-state index is 12.7. The van der Waals surface area contributed by atoms with Gasteiger partial charge in [0.1, 0.15) is 5.75 Å². The number of aliphatic hydroxyl groups is 1. The van der Waals surface area contributed by atoms with Crippen molar-refractivity contribution in [3.63, 3.8) is 0 Å². The van der Waals surface area contributed by atoms with Crippen molar-refractivity contribution in [1.29, 1.82) is 0 Å². The van der Waals surface area contributed by atoms with Crippen molar-refractivity contribution in [2.75, 3.05) is 6.61 Å². The minimum absolute atomic E-state index is 0. The van der Waals surface area contributed by atoms with Gasteiger partial charge in [0.05, 0.1) is 0 Å². The Kier molecular flexibility index (Phi) is 6.92. The van der Waals surface area contributed by atoms with E-state index in [1.807, 2.05) is 0 Å². The second-order valence-corrected chi connectivity index (χ2v) is 5.16. The zero-order chi connectivity index (χ0) is 15.6. The number of nitrogens with two attached hydrogens (primary N) is 1. The van der Waals surface area contributed by atoms with Crippen molar-refractivity contribution in [2.24, 2.45) is 11.1 Å². The normalized spacial score (nSPS) is 13.8. The van der Waals surface area contributed by atoms with Crippen LogP contribution in [0.3, 0.4) is 0 Å². The Morgan fingerprint density at radius 1 is 1.19 bits per heavy atom. The average Bonchev–Trinajstić information content (AvgIpc) is 2.38. The van der Waals surface area contributed by atoms with Gasteiger partial charge in [-0.1, -0.05) is 26.0 Å². The number of alkyl halides is 4. The molecule has 0 radical (unpaired) electrons. The fraction of sp³-hybridized carbons (Fsp3) is 0.538. The highest BCUT2D eigenvalue weighted by atomic mass is 35.5. The lowest BCUT2D eigenvalue weighted by Crippen LogP contribution is -2.33. The number of hydrogen-bond donors (Lipinski definition) is 2. The van der Waals surface area contributed by atoms with E-state index in [2.05, 4.69) is 4.74 Å². The van der Waals surface area contributed by atoms with Crippen LogP contribution in [-0.2, 0) is 0 Å². The molecule has 0 amide bonds. The number of rotatable bonds is 6. The molecule has 3 nitrogen and oxygen atoms in total. The lowest BCUT2D eigenvalue weighted by atomic mass is 9.82. The second kappa shape index (κ2) is 7.29. The predicted octanol–water partition coefficient (Wildman–Crippen LogP) is 3.36. The van der Waals surface area contributed by atoms with Gasteiger partial charge in [0.2, 0.25) is 0 Å². The van der Waals surface area contributed by atoms with E-state index in [9.17, 15) is 22.7 Å². The van der Waals surface area contributed by atoms with Gasteiger partial charge in [-0.05, 0) is 17.7 Å². The second-order valence-electron chi connectivity index (χ2n) is 5.16. The van der Waals surface area contributed by atoms with Crippen LogP contribution in [0.1, 0.15) is 25.5 Å². The molecule has 0 unspecified atom stereocenters. The van der Waals surface area contributed by atoms with Crippen molar-refractivity contribution in [2.45, 2.75) is 32.4 Å². The molecule has 122 valence electrons. The van der Waals surface area contributed by atoms with E-state index in [-0.39, 0.29) is 24.8 Å². The summed E-state index contributed by atoms with van der Waals surface area (Å²) in [5.41, 5.74) is 5.92. The van der Waals surface area contributed by atoms with Gasteiger partial charge in [-0.15, -0.1) is 12.4 Å².